The van der Waals surface area contributed by atoms with Crippen molar-refractivity contribution >= 4 is 28.6 Å². The number of aromatic nitrogens is 4. The molecule has 2 N–H and O–H groups in total. The highest BCUT2D eigenvalue weighted by atomic mass is 16.2. The van der Waals surface area contributed by atoms with Gasteiger partial charge in [-0.3, -0.25) is 4.68 Å². The molecule has 8 nitrogen and oxygen atoms in total. The Hall–Kier alpha value is -3.16. The summed E-state index contributed by atoms with van der Waals surface area (Å²) in [7, 11) is 1.86. The van der Waals surface area contributed by atoms with Crippen molar-refractivity contribution in [2.75, 3.05) is 23.3 Å². The van der Waals surface area contributed by atoms with Crippen LogP contribution in [0.15, 0.2) is 36.7 Å². The molecule has 3 aromatic heterocycles. The second-order valence-corrected chi connectivity index (χ2v) is 6.85. The third-order valence-electron chi connectivity index (χ3n) is 4.92. The van der Waals surface area contributed by atoms with Crippen molar-refractivity contribution in [1.29, 1.82) is 0 Å². The first-order valence-corrected chi connectivity index (χ1v) is 9.13. The zero-order valence-electron chi connectivity index (χ0n) is 15.5. The molecule has 0 bridgehead atoms. The topological polar surface area (TPSA) is 88.0 Å². The highest BCUT2D eigenvalue weighted by Crippen LogP contribution is 2.20. The van der Waals surface area contributed by atoms with E-state index >= 15 is 0 Å². The lowest BCUT2D eigenvalue weighted by atomic mass is 10.1. The summed E-state index contributed by atoms with van der Waals surface area (Å²) in [6.07, 6.45) is 5.25. The summed E-state index contributed by atoms with van der Waals surface area (Å²) < 4.78 is 1.74. The van der Waals surface area contributed by atoms with Gasteiger partial charge in [0.25, 0.3) is 0 Å². The normalized spacial score (nSPS) is 15.1. The smallest absolute Gasteiger partial charge is 0.319 e. The monoisotopic (exact) mass is 365 g/mol. The number of carbonyl (C=O) groups excluding carboxylic acids is 1. The Morgan fingerprint density at radius 3 is 2.78 bits per heavy atom. The average Bonchev–Trinajstić information content (AvgIpc) is 2.96. The molecule has 8 heteroatoms. The van der Waals surface area contributed by atoms with Gasteiger partial charge in [-0.1, -0.05) is 6.07 Å². The molecule has 0 aliphatic carbocycles. The molecule has 0 saturated carbocycles. The van der Waals surface area contributed by atoms with Gasteiger partial charge >= 0.3 is 6.03 Å². The van der Waals surface area contributed by atoms with Gasteiger partial charge in [0.2, 0.25) is 0 Å². The molecule has 0 atom stereocenters. The number of nitrogens with one attached hydrogen (secondary N) is 2. The van der Waals surface area contributed by atoms with Crippen LogP contribution in [-0.4, -0.2) is 44.9 Å². The first-order chi connectivity index (χ1) is 13.1. The van der Waals surface area contributed by atoms with E-state index in [0.717, 1.165) is 48.5 Å². The molecule has 2 amide bonds. The lowest BCUT2D eigenvalue weighted by molar-refractivity contribution is 0.246. The Kier molecular flexibility index (Phi) is 4.62. The number of fused-ring (bicyclic) bond motifs is 1. The van der Waals surface area contributed by atoms with Crippen LogP contribution in [0.3, 0.4) is 0 Å². The van der Waals surface area contributed by atoms with E-state index in [4.69, 9.17) is 0 Å². The summed E-state index contributed by atoms with van der Waals surface area (Å²) in [5.74, 6) is 0.992. The van der Waals surface area contributed by atoms with Gasteiger partial charge in [-0.05, 0) is 38.0 Å². The van der Waals surface area contributed by atoms with Gasteiger partial charge < -0.3 is 15.5 Å². The van der Waals surface area contributed by atoms with Gasteiger partial charge in [-0.25, -0.2) is 14.8 Å². The van der Waals surface area contributed by atoms with Crippen molar-refractivity contribution in [3.8, 4) is 0 Å². The Labute approximate surface area is 157 Å². The Balaban J connectivity index is 1.33. The first kappa shape index (κ1) is 17.3. The maximum atomic E-state index is 12.4. The number of aryl methyl sites for hydroxylation is 2. The SMILES string of the molecule is Cc1nn(C)c2ncc(NC(=O)NC3CCN(c4ccccn4)CC3)cc12. The van der Waals surface area contributed by atoms with Crippen molar-refractivity contribution in [1.82, 2.24) is 25.1 Å². The predicted molar refractivity (Wildman–Crippen MR) is 105 cm³/mol. The Morgan fingerprint density at radius 1 is 1.22 bits per heavy atom. The molecular weight excluding hydrogens is 342 g/mol. The maximum absolute atomic E-state index is 12.4. The molecule has 1 aliphatic heterocycles. The van der Waals surface area contributed by atoms with E-state index in [1.54, 1.807) is 10.9 Å². The van der Waals surface area contributed by atoms with E-state index in [1.165, 1.54) is 0 Å². The molecule has 0 radical (unpaired) electrons. The van der Waals surface area contributed by atoms with Gasteiger partial charge in [0, 0.05) is 37.8 Å². The molecule has 140 valence electrons. The molecule has 0 spiro atoms. The first-order valence-electron chi connectivity index (χ1n) is 9.13. The number of urea groups is 1. The van der Waals surface area contributed by atoms with Crippen molar-refractivity contribution < 1.29 is 4.79 Å². The largest absolute Gasteiger partial charge is 0.356 e. The van der Waals surface area contributed by atoms with Crippen LogP contribution in [0.2, 0.25) is 0 Å². The zero-order chi connectivity index (χ0) is 18.8. The molecule has 1 fully saturated rings. The van der Waals surface area contributed by atoms with Crippen LogP contribution in [0.25, 0.3) is 11.0 Å². The minimum absolute atomic E-state index is 0.154. The summed E-state index contributed by atoms with van der Waals surface area (Å²) in [6, 6.07) is 7.80. The van der Waals surface area contributed by atoms with E-state index in [9.17, 15) is 4.79 Å². The zero-order valence-corrected chi connectivity index (χ0v) is 15.5. The molecule has 4 heterocycles. The average molecular weight is 365 g/mol. The van der Waals surface area contributed by atoms with Gasteiger partial charge in [-0.2, -0.15) is 5.10 Å². The van der Waals surface area contributed by atoms with Gasteiger partial charge in [0.05, 0.1) is 17.6 Å². The number of hydrogen-bond acceptors (Lipinski definition) is 5. The Bertz CT molecular complexity index is 945. The summed E-state index contributed by atoms with van der Waals surface area (Å²) in [4.78, 5) is 23.4. The number of carbonyl (C=O) groups is 1. The van der Waals surface area contributed by atoms with E-state index in [-0.39, 0.29) is 12.1 Å². The van der Waals surface area contributed by atoms with Crippen molar-refractivity contribution in [2.24, 2.45) is 7.05 Å². The number of hydrogen-bond donors (Lipinski definition) is 2. The van der Waals surface area contributed by atoms with E-state index in [2.05, 4.69) is 30.6 Å². The van der Waals surface area contributed by atoms with Crippen LogP contribution in [0.4, 0.5) is 16.3 Å². The van der Waals surface area contributed by atoms with Crippen LogP contribution in [0.1, 0.15) is 18.5 Å². The van der Waals surface area contributed by atoms with Crippen LogP contribution in [0, 0.1) is 6.92 Å². The second kappa shape index (κ2) is 7.22. The molecule has 0 aromatic carbocycles. The van der Waals surface area contributed by atoms with Gasteiger partial charge in [-0.15, -0.1) is 0 Å². The minimum atomic E-state index is -0.200. The summed E-state index contributed by atoms with van der Waals surface area (Å²) in [5.41, 5.74) is 2.37. The van der Waals surface area contributed by atoms with Crippen LogP contribution >= 0.6 is 0 Å². The van der Waals surface area contributed by atoms with Gasteiger partial charge in [0.1, 0.15) is 5.82 Å². The number of piperidine rings is 1. The van der Waals surface area contributed by atoms with Crippen molar-refractivity contribution in [3.63, 3.8) is 0 Å². The fourth-order valence-electron chi connectivity index (χ4n) is 3.52. The van der Waals surface area contributed by atoms with Crippen LogP contribution in [0.5, 0.6) is 0 Å². The number of anilines is 2. The lowest BCUT2D eigenvalue weighted by Crippen LogP contribution is -2.46. The van der Waals surface area contributed by atoms with E-state index < -0.39 is 0 Å². The molecule has 0 unspecified atom stereocenters. The van der Waals surface area contributed by atoms with Crippen LogP contribution in [-0.2, 0) is 7.05 Å². The van der Waals surface area contributed by atoms with Crippen molar-refractivity contribution in [3.05, 3.63) is 42.4 Å². The summed E-state index contributed by atoms with van der Waals surface area (Å²) >= 11 is 0. The molecule has 1 aliphatic rings. The number of amides is 2. The molecule has 1 saturated heterocycles. The minimum Gasteiger partial charge on any atom is -0.356 e. The number of pyridine rings is 2. The fraction of sp³-hybridized carbons (Fsp3) is 0.368. The Morgan fingerprint density at radius 2 is 2.04 bits per heavy atom. The molecule has 27 heavy (non-hydrogen) atoms. The highest BCUT2D eigenvalue weighted by molar-refractivity contribution is 5.92. The van der Waals surface area contributed by atoms with Crippen LogP contribution < -0.4 is 15.5 Å². The summed E-state index contributed by atoms with van der Waals surface area (Å²) in [5, 5.41) is 11.2. The standard InChI is InChI=1S/C19H23N7O/c1-13-16-11-15(12-21-18(16)25(2)24-13)23-19(27)22-14-6-9-26(10-7-14)17-5-3-4-8-20-17/h3-5,8,11-12,14H,6-7,9-10H2,1-2H3,(H2,22,23,27). The number of nitrogens with zero attached hydrogens (tertiary/aromatic N) is 5. The maximum Gasteiger partial charge on any atom is 0.319 e. The second-order valence-electron chi connectivity index (χ2n) is 6.85. The third-order valence-corrected chi connectivity index (χ3v) is 4.92. The van der Waals surface area contributed by atoms with E-state index in [1.807, 2.05) is 44.4 Å². The molecule has 4 rings (SSSR count). The van der Waals surface area contributed by atoms with E-state index in [0.29, 0.717) is 5.69 Å². The number of rotatable bonds is 3. The summed E-state index contributed by atoms with van der Waals surface area (Å²) in [6.45, 7) is 3.69. The fourth-order valence-corrected chi connectivity index (χ4v) is 3.52. The predicted octanol–water partition coefficient (Wildman–Crippen LogP) is 2.46. The highest BCUT2D eigenvalue weighted by Gasteiger charge is 2.21. The van der Waals surface area contributed by atoms with Gasteiger partial charge in [0.15, 0.2) is 5.65 Å². The lowest BCUT2D eigenvalue weighted by Gasteiger charge is -2.33. The molecule has 3 aromatic rings. The van der Waals surface area contributed by atoms with Crippen molar-refractivity contribution in [2.45, 2.75) is 25.8 Å². The third kappa shape index (κ3) is 3.69. The molecular formula is C19H23N7O. The quantitative estimate of drug-likeness (QED) is 0.744.